The maximum atomic E-state index is 12.5. The minimum atomic E-state index is 0.0302. The van der Waals surface area contributed by atoms with Crippen molar-refractivity contribution < 1.29 is 9.59 Å². The molecule has 2 heterocycles. The summed E-state index contributed by atoms with van der Waals surface area (Å²) >= 11 is 0. The number of amides is 1. The molecule has 0 aliphatic carbocycles. The van der Waals surface area contributed by atoms with Gasteiger partial charge in [-0.2, -0.15) is 0 Å². The van der Waals surface area contributed by atoms with E-state index in [-0.39, 0.29) is 11.7 Å². The van der Waals surface area contributed by atoms with Gasteiger partial charge < -0.3 is 4.90 Å². The Balaban J connectivity index is 1.52. The first-order valence-electron chi connectivity index (χ1n) is 9.09. The molecule has 0 spiro atoms. The van der Waals surface area contributed by atoms with E-state index in [2.05, 4.69) is 23.7 Å². The van der Waals surface area contributed by atoms with Crippen LogP contribution in [-0.4, -0.2) is 59.2 Å². The summed E-state index contributed by atoms with van der Waals surface area (Å²) in [5.74, 6) is 0.627. The van der Waals surface area contributed by atoms with Gasteiger partial charge in [-0.25, -0.2) is 0 Å². The average Bonchev–Trinajstić information content (AvgIpc) is 2.68. The summed E-state index contributed by atoms with van der Waals surface area (Å²) in [6, 6.07) is 11.4. The number of piperazine rings is 1. The summed E-state index contributed by atoms with van der Waals surface area (Å²) in [4.78, 5) is 32.9. The highest BCUT2D eigenvalue weighted by Crippen LogP contribution is 2.15. The molecule has 5 heteroatoms. The van der Waals surface area contributed by atoms with Gasteiger partial charge in [0.15, 0.2) is 5.78 Å². The molecular formula is C21H25N3O2. The van der Waals surface area contributed by atoms with Crippen molar-refractivity contribution >= 4 is 11.7 Å². The van der Waals surface area contributed by atoms with Crippen LogP contribution in [0.5, 0.6) is 0 Å². The third kappa shape index (κ3) is 4.35. The van der Waals surface area contributed by atoms with Gasteiger partial charge in [0, 0.05) is 49.7 Å². The van der Waals surface area contributed by atoms with E-state index >= 15 is 0 Å². The van der Waals surface area contributed by atoms with Gasteiger partial charge in [0.25, 0.3) is 5.91 Å². The summed E-state index contributed by atoms with van der Waals surface area (Å²) in [7, 11) is 0. The predicted octanol–water partition coefficient (Wildman–Crippen LogP) is 2.85. The van der Waals surface area contributed by atoms with Gasteiger partial charge in [-0.15, -0.1) is 0 Å². The fraction of sp³-hybridized carbons (Fsp3) is 0.381. The highest BCUT2D eigenvalue weighted by Gasteiger charge is 2.23. The quantitative estimate of drug-likeness (QED) is 0.778. The Hall–Kier alpha value is -2.53. The van der Waals surface area contributed by atoms with Crippen molar-refractivity contribution in [2.24, 2.45) is 0 Å². The van der Waals surface area contributed by atoms with Crippen LogP contribution in [0.25, 0.3) is 0 Å². The monoisotopic (exact) mass is 351 g/mol. The molecule has 1 aromatic heterocycles. The summed E-state index contributed by atoms with van der Waals surface area (Å²) in [5.41, 5.74) is 2.66. The zero-order chi connectivity index (χ0) is 18.5. The van der Waals surface area contributed by atoms with E-state index in [4.69, 9.17) is 0 Å². The molecule has 0 atom stereocenters. The molecule has 5 nitrogen and oxygen atoms in total. The van der Waals surface area contributed by atoms with E-state index in [1.54, 1.807) is 24.5 Å². The van der Waals surface area contributed by atoms with Crippen LogP contribution in [0.3, 0.4) is 0 Å². The third-order valence-electron chi connectivity index (χ3n) is 4.85. The second-order valence-electron chi connectivity index (χ2n) is 7.00. The SMILES string of the molecule is CC(C)c1ccc(C(=O)CN2CCN(C(=O)c3ccncc3)CC2)cc1. The Bertz CT molecular complexity index is 749. The second kappa shape index (κ2) is 8.23. The first-order chi connectivity index (χ1) is 12.5. The zero-order valence-electron chi connectivity index (χ0n) is 15.4. The highest BCUT2D eigenvalue weighted by molar-refractivity contribution is 5.97. The van der Waals surface area contributed by atoms with Gasteiger partial charge in [0.05, 0.1) is 6.54 Å². The molecule has 1 aliphatic heterocycles. The number of nitrogens with zero attached hydrogens (tertiary/aromatic N) is 3. The standard InChI is InChI=1S/C21H25N3O2/c1-16(2)17-3-5-18(6-4-17)20(25)15-23-11-13-24(14-12-23)21(26)19-7-9-22-10-8-19/h3-10,16H,11-15H2,1-2H3. The molecule has 0 N–H and O–H groups in total. The number of carbonyl (C=O) groups excluding carboxylic acids is 2. The van der Waals surface area contributed by atoms with Gasteiger partial charge in [0.2, 0.25) is 0 Å². The number of aromatic nitrogens is 1. The fourth-order valence-corrected chi connectivity index (χ4v) is 3.13. The molecule has 1 aromatic carbocycles. The van der Waals surface area contributed by atoms with E-state index in [9.17, 15) is 9.59 Å². The van der Waals surface area contributed by atoms with E-state index in [1.165, 1.54) is 5.56 Å². The predicted molar refractivity (Wildman–Crippen MR) is 101 cm³/mol. The van der Waals surface area contributed by atoms with E-state index in [0.717, 1.165) is 5.56 Å². The third-order valence-corrected chi connectivity index (χ3v) is 4.85. The molecule has 1 amide bonds. The van der Waals surface area contributed by atoms with Crippen LogP contribution in [0.4, 0.5) is 0 Å². The number of ketones is 1. The van der Waals surface area contributed by atoms with Gasteiger partial charge in [-0.05, 0) is 23.6 Å². The van der Waals surface area contributed by atoms with Crippen LogP contribution in [0, 0.1) is 0 Å². The Morgan fingerprint density at radius 3 is 2.12 bits per heavy atom. The Morgan fingerprint density at radius 2 is 1.54 bits per heavy atom. The lowest BCUT2D eigenvalue weighted by atomic mass is 10.0. The Kier molecular flexibility index (Phi) is 5.78. The van der Waals surface area contributed by atoms with Crippen LogP contribution in [0.1, 0.15) is 46.0 Å². The number of Topliss-reactive ketones (excluding diaryl/α,β-unsaturated/α-hetero) is 1. The Morgan fingerprint density at radius 1 is 0.923 bits per heavy atom. The number of hydrogen-bond donors (Lipinski definition) is 0. The molecule has 0 radical (unpaired) electrons. The molecule has 3 rings (SSSR count). The van der Waals surface area contributed by atoms with Crippen molar-refractivity contribution in [1.82, 2.24) is 14.8 Å². The second-order valence-corrected chi connectivity index (χ2v) is 7.00. The van der Waals surface area contributed by atoms with Gasteiger partial charge in [-0.3, -0.25) is 19.5 Å². The lowest BCUT2D eigenvalue weighted by Gasteiger charge is -2.34. The van der Waals surface area contributed by atoms with Gasteiger partial charge in [-0.1, -0.05) is 38.1 Å². The van der Waals surface area contributed by atoms with Crippen molar-refractivity contribution in [3.63, 3.8) is 0 Å². The van der Waals surface area contributed by atoms with E-state index in [1.807, 2.05) is 29.2 Å². The first-order valence-corrected chi connectivity index (χ1v) is 9.09. The number of benzene rings is 1. The van der Waals surface area contributed by atoms with E-state index in [0.29, 0.717) is 44.2 Å². The molecule has 1 saturated heterocycles. The maximum Gasteiger partial charge on any atom is 0.254 e. The molecule has 1 fully saturated rings. The molecule has 26 heavy (non-hydrogen) atoms. The number of rotatable bonds is 5. The van der Waals surface area contributed by atoms with Crippen molar-refractivity contribution in [2.45, 2.75) is 19.8 Å². The van der Waals surface area contributed by atoms with Crippen molar-refractivity contribution in [2.75, 3.05) is 32.7 Å². The van der Waals surface area contributed by atoms with Crippen molar-refractivity contribution in [3.05, 3.63) is 65.5 Å². The largest absolute Gasteiger partial charge is 0.336 e. The van der Waals surface area contributed by atoms with Crippen LogP contribution < -0.4 is 0 Å². The summed E-state index contributed by atoms with van der Waals surface area (Å²) in [6.45, 7) is 7.40. The minimum absolute atomic E-state index is 0.0302. The molecule has 0 bridgehead atoms. The maximum absolute atomic E-state index is 12.5. The van der Waals surface area contributed by atoms with Gasteiger partial charge in [0.1, 0.15) is 0 Å². The summed E-state index contributed by atoms with van der Waals surface area (Å²) in [6.07, 6.45) is 3.26. The molecular weight excluding hydrogens is 326 g/mol. The average molecular weight is 351 g/mol. The molecule has 0 unspecified atom stereocenters. The number of hydrogen-bond acceptors (Lipinski definition) is 4. The van der Waals surface area contributed by atoms with Crippen LogP contribution in [0.15, 0.2) is 48.8 Å². The molecule has 1 aliphatic rings. The number of pyridine rings is 1. The lowest BCUT2D eigenvalue weighted by Crippen LogP contribution is -2.49. The summed E-state index contributed by atoms with van der Waals surface area (Å²) in [5, 5.41) is 0. The Labute approximate surface area is 154 Å². The van der Waals surface area contributed by atoms with Crippen LogP contribution >= 0.6 is 0 Å². The molecule has 0 saturated carbocycles. The highest BCUT2D eigenvalue weighted by atomic mass is 16.2. The van der Waals surface area contributed by atoms with Crippen molar-refractivity contribution in [1.29, 1.82) is 0 Å². The summed E-state index contributed by atoms with van der Waals surface area (Å²) < 4.78 is 0. The zero-order valence-corrected chi connectivity index (χ0v) is 15.4. The van der Waals surface area contributed by atoms with E-state index < -0.39 is 0 Å². The normalized spacial score (nSPS) is 15.3. The minimum Gasteiger partial charge on any atom is -0.336 e. The van der Waals surface area contributed by atoms with Crippen molar-refractivity contribution in [3.8, 4) is 0 Å². The first kappa shape index (κ1) is 18.3. The lowest BCUT2D eigenvalue weighted by molar-refractivity contribution is 0.0624. The fourth-order valence-electron chi connectivity index (χ4n) is 3.13. The molecule has 2 aromatic rings. The van der Waals surface area contributed by atoms with Crippen LogP contribution in [-0.2, 0) is 0 Å². The van der Waals surface area contributed by atoms with Crippen LogP contribution in [0.2, 0.25) is 0 Å². The number of carbonyl (C=O) groups is 2. The smallest absolute Gasteiger partial charge is 0.254 e. The van der Waals surface area contributed by atoms with Gasteiger partial charge >= 0.3 is 0 Å². The molecule has 136 valence electrons. The topological polar surface area (TPSA) is 53.5 Å².